The number of aromatic amines is 1. The number of rotatable bonds is 4. The molecule has 0 spiro atoms. The number of ether oxygens (including phenoxy) is 1. The fraction of sp³-hybridized carbons (Fsp3) is 0.600. The van der Waals surface area contributed by atoms with Crippen molar-refractivity contribution in [3.05, 3.63) is 22.4 Å². The molecular weight excluding hydrogens is 298 g/mol. The van der Waals surface area contributed by atoms with Gasteiger partial charge in [0.2, 0.25) is 0 Å². The van der Waals surface area contributed by atoms with Crippen LogP contribution in [-0.2, 0) is 23.1 Å². The lowest BCUT2D eigenvalue weighted by Gasteiger charge is -2.30. The molecule has 0 aliphatic carbocycles. The third kappa shape index (κ3) is 3.26. The largest absolute Gasteiger partial charge is 0.466 e. The minimum atomic E-state index is -0.183. The number of esters is 1. The molecule has 0 unspecified atom stereocenters. The Morgan fingerprint density at radius 2 is 2.35 bits per heavy atom. The van der Waals surface area contributed by atoms with Crippen LogP contribution in [0.25, 0.3) is 11.0 Å². The van der Waals surface area contributed by atoms with Gasteiger partial charge in [0.15, 0.2) is 5.65 Å². The number of H-pyrrole nitrogens is 1. The van der Waals surface area contributed by atoms with Gasteiger partial charge in [0.25, 0.3) is 5.56 Å². The second-order valence-corrected chi connectivity index (χ2v) is 5.84. The van der Waals surface area contributed by atoms with E-state index in [-0.39, 0.29) is 17.4 Å². The van der Waals surface area contributed by atoms with Crippen LogP contribution in [0.15, 0.2) is 11.0 Å². The van der Waals surface area contributed by atoms with E-state index in [1.807, 2.05) is 6.92 Å². The van der Waals surface area contributed by atoms with Gasteiger partial charge in [0.1, 0.15) is 11.2 Å². The Labute approximate surface area is 133 Å². The Morgan fingerprint density at radius 1 is 1.52 bits per heavy atom. The van der Waals surface area contributed by atoms with Crippen molar-refractivity contribution >= 4 is 17.0 Å². The van der Waals surface area contributed by atoms with Crippen LogP contribution >= 0.6 is 0 Å². The molecule has 1 saturated heterocycles. The summed E-state index contributed by atoms with van der Waals surface area (Å²) in [5, 5.41) is 4.55. The zero-order chi connectivity index (χ0) is 16.4. The van der Waals surface area contributed by atoms with E-state index in [1.165, 1.54) is 6.20 Å². The van der Waals surface area contributed by atoms with Gasteiger partial charge in [-0.15, -0.1) is 0 Å². The van der Waals surface area contributed by atoms with Gasteiger partial charge in [-0.05, 0) is 26.3 Å². The van der Waals surface area contributed by atoms with Crippen molar-refractivity contribution < 1.29 is 9.53 Å². The number of aromatic nitrogens is 4. The molecule has 1 fully saturated rings. The molecule has 0 aromatic carbocycles. The number of carbonyl (C=O) groups excluding carboxylic acids is 1. The lowest BCUT2D eigenvalue weighted by atomic mass is 9.98. The Hall–Kier alpha value is -2.22. The first-order valence-corrected chi connectivity index (χ1v) is 7.88. The summed E-state index contributed by atoms with van der Waals surface area (Å²) < 4.78 is 6.70. The summed E-state index contributed by atoms with van der Waals surface area (Å²) in [5.74, 6) is 0.354. The van der Waals surface area contributed by atoms with Crippen molar-refractivity contribution in [2.24, 2.45) is 13.0 Å². The summed E-state index contributed by atoms with van der Waals surface area (Å²) in [7, 11) is 1.76. The maximum Gasteiger partial charge on any atom is 0.310 e. The molecule has 0 amide bonds. The first-order valence-electron chi connectivity index (χ1n) is 7.88. The van der Waals surface area contributed by atoms with Crippen LogP contribution in [0.1, 0.15) is 25.6 Å². The number of nitrogens with one attached hydrogen (secondary N) is 1. The highest BCUT2D eigenvalue weighted by molar-refractivity contribution is 5.73. The minimum absolute atomic E-state index is 0.101. The molecule has 2 aromatic heterocycles. The quantitative estimate of drug-likeness (QED) is 0.822. The molecule has 23 heavy (non-hydrogen) atoms. The summed E-state index contributed by atoms with van der Waals surface area (Å²) in [6.45, 7) is 4.24. The number of hydrogen-bond acceptors (Lipinski definition) is 6. The molecule has 8 nitrogen and oxygen atoms in total. The lowest BCUT2D eigenvalue weighted by molar-refractivity contribution is -0.150. The van der Waals surface area contributed by atoms with Crippen molar-refractivity contribution in [1.82, 2.24) is 24.6 Å². The van der Waals surface area contributed by atoms with Crippen molar-refractivity contribution in [3.8, 4) is 0 Å². The Kier molecular flexibility index (Phi) is 4.42. The molecule has 1 aliphatic rings. The first-order chi connectivity index (χ1) is 11.1. The van der Waals surface area contributed by atoms with Crippen LogP contribution in [0.4, 0.5) is 0 Å². The minimum Gasteiger partial charge on any atom is -0.466 e. The van der Waals surface area contributed by atoms with Crippen LogP contribution in [0.3, 0.4) is 0 Å². The van der Waals surface area contributed by atoms with Crippen LogP contribution in [0.5, 0.6) is 0 Å². The molecule has 3 heterocycles. The number of likely N-dealkylation sites (tertiary alicyclic amines) is 1. The van der Waals surface area contributed by atoms with Crippen LogP contribution in [0.2, 0.25) is 0 Å². The summed E-state index contributed by atoms with van der Waals surface area (Å²) >= 11 is 0. The highest BCUT2D eigenvalue weighted by Gasteiger charge is 2.27. The number of carbonyl (C=O) groups is 1. The van der Waals surface area contributed by atoms with E-state index in [9.17, 15) is 9.59 Å². The smallest absolute Gasteiger partial charge is 0.310 e. The zero-order valence-electron chi connectivity index (χ0n) is 13.4. The fourth-order valence-corrected chi connectivity index (χ4v) is 3.02. The molecule has 0 radical (unpaired) electrons. The van der Waals surface area contributed by atoms with E-state index < -0.39 is 0 Å². The second-order valence-electron chi connectivity index (χ2n) is 5.84. The second kappa shape index (κ2) is 6.49. The SMILES string of the molecule is CCOC(=O)[C@H]1CCCN(Cc2nc3c(cnn3C)c(=O)[nH]2)C1. The Bertz CT molecular complexity index is 766. The number of piperidine rings is 1. The molecule has 1 N–H and O–H groups in total. The van der Waals surface area contributed by atoms with E-state index in [0.717, 1.165) is 19.4 Å². The van der Waals surface area contributed by atoms with Gasteiger partial charge in [-0.25, -0.2) is 4.98 Å². The van der Waals surface area contributed by atoms with Crippen molar-refractivity contribution in [2.75, 3.05) is 19.7 Å². The number of nitrogens with zero attached hydrogens (tertiary/aromatic N) is 4. The van der Waals surface area contributed by atoms with Crippen LogP contribution < -0.4 is 5.56 Å². The van der Waals surface area contributed by atoms with Crippen molar-refractivity contribution in [1.29, 1.82) is 0 Å². The molecule has 0 saturated carbocycles. The van der Waals surface area contributed by atoms with Crippen LogP contribution in [-0.4, -0.2) is 50.3 Å². The molecule has 3 rings (SSSR count). The number of aryl methyl sites for hydroxylation is 1. The van der Waals surface area contributed by atoms with E-state index in [0.29, 0.717) is 36.6 Å². The van der Waals surface area contributed by atoms with Gasteiger partial charge in [0.05, 0.1) is 25.3 Å². The first kappa shape index (κ1) is 15.7. The van der Waals surface area contributed by atoms with Gasteiger partial charge in [-0.2, -0.15) is 5.10 Å². The topological polar surface area (TPSA) is 93.1 Å². The molecule has 0 bridgehead atoms. The monoisotopic (exact) mass is 319 g/mol. The Morgan fingerprint density at radius 3 is 3.13 bits per heavy atom. The van der Waals surface area contributed by atoms with E-state index in [4.69, 9.17) is 4.74 Å². The van der Waals surface area contributed by atoms with Gasteiger partial charge in [-0.3, -0.25) is 19.2 Å². The van der Waals surface area contributed by atoms with Gasteiger partial charge in [0, 0.05) is 13.6 Å². The predicted molar refractivity (Wildman–Crippen MR) is 83.8 cm³/mol. The highest BCUT2D eigenvalue weighted by atomic mass is 16.5. The maximum atomic E-state index is 12.1. The lowest BCUT2D eigenvalue weighted by Crippen LogP contribution is -2.39. The van der Waals surface area contributed by atoms with E-state index in [1.54, 1.807) is 11.7 Å². The maximum absolute atomic E-state index is 12.1. The molecule has 124 valence electrons. The molecule has 2 aromatic rings. The third-order valence-corrected chi connectivity index (χ3v) is 4.15. The van der Waals surface area contributed by atoms with E-state index >= 15 is 0 Å². The summed E-state index contributed by atoms with van der Waals surface area (Å²) in [6, 6.07) is 0. The molecular formula is C15H21N5O3. The number of fused-ring (bicyclic) bond motifs is 1. The highest BCUT2D eigenvalue weighted by Crippen LogP contribution is 2.19. The fourth-order valence-electron chi connectivity index (χ4n) is 3.02. The summed E-state index contributed by atoms with van der Waals surface area (Å²) in [6.07, 6.45) is 3.30. The van der Waals surface area contributed by atoms with Gasteiger partial charge in [-0.1, -0.05) is 0 Å². The van der Waals surface area contributed by atoms with Gasteiger partial charge >= 0.3 is 5.97 Å². The molecule has 1 atom stereocenters. The van der Waals surface area contributed by atoms with Gasteiger partial charge < -0.3 is 9.72 Å². The normalized spacial score (nSPS) is 19.1. The summed E-state index contributed by atoms with van der Waals surface area (Å²) in [5.41, 5.74) is 0.389. The molecule has 1 aliphatic heterocycles. The summed E-state index contributed by atoms with van der Waals surface area (Å²) in [4.78, 5) is 33.4. The standard InChI is InChI=1S/C15H21N5O3/c1-3-23-15(22)10-5-4-6-20(8-10)9-12-17-13-11(14(21)18-12)7-16-19(13)2/h7,10H,3-6,8-9H2,1-2H3,(H,17,18,21)/t10-/m0/s1. The van der Waals surface area contributed by atoms with Crippen molar-refractivity contribution in [2.45, 2.75) is 26.3 Å². The average molecular weight is 319 g/mol. The predicted octanol–water partition coefficient (Wildman–Crippen LogP) is 0.432. The number of hydrogen-bond donors (Lipinski definition) is 1. The third-order valence-electron chi connectivity index (χ3n) is 4.15. The van der Waals surface area contributed by atoms with Crippen molar-refractivity contribution in [3.63, 3.8) is 0 Å². The zero-order valence-corrected chi connectivity index (χ0v) is 13.4. The Balaban J connectivity index is 1.75. The van der Waals surface area contributed by atoms with E-state index in [2.05, 4.69) is 20.0 Å². The average Bonchev–Trinajstić information content (AvgIpc) is 2.90. The van der Waals surface area contributed by atoms with Crippen LogP contribution in [0, 0.1) is 5.92 Å². The molecule has 8 heteroatoms.